The predicted molar refractivity (Wildman–Crippen MR) is 67.4 cm³/mol. The van der Waals surface area contributed by atoms with Gasteiger partial charge in [0.05, 0.1) is 0 Å². The monoisotopic (exact) mass is 267 g/mol. The molecule has 1 aliphatic heterocycles. The molecule has 0 bridgehead atoms. The Balaban J connectivity index is 2.01. The summed E-state index contributed by atoms with van der Waals surface area (Å²) in [5, 5.41) is 3.11. The number of rotatable bonds is 2. The van der Waals surface area contributed by atoms with E-state index in [1.54, 1.807) is 23.1 Å². The van der Waals surface area contributed by atoms with Gasteiger partial charge in [0, 0.05) is 26.1 Å². The van der Waals surface area contributed by atoms with Crippen LogP contribution in [-0.4, -0.2) is 40.8 Å². The van der Waals surface area contributed by atoms with Crippen LogP contribution in [-0.2, 0) is 4.79 Å². The zero-order chi connectivity index (χ0) is 13.1. The van der Waals surface area contributed by atoms with Crippen molar-refractivity contribution in [3.63, 3.8) is 0 Å². The largest absolute Gasteiger partial charge is 0.352 e. The van der Waals surface area contributed by atoms with Crippen LogP contribution in [0.25, 0.3) is 0 Å². The number of nitrogens with one attached hydrogen (secondary N) is 1. The second-order valence-corrected chi connectivity index (χ2v) is 4.67. The number of nitrogens with zero attached hydrogens (tertiary/aromatic N) is 2. The number of aromatic nitrogens is 1. The minimum absolute atomic E-state index is 0.0330. The van der Waals surface area contributed by atoms with E-state index in [-0.39, 0.29) is 17.9 Å². The highest BCUT2D eigenvalue weighted by molar-refractivity contribution is 6.29. The highest BCUT2D eigenvalue weighted by Crippen LogP contribution is 2.14. The molecule has 1 aliphatic rings. The van der Waals surface area contributed by atoms with Gasteiger partial charge in [0.1, 0.15) is 10.8 Å². The van der Waals surface area contributed by atoms with E-state index in [1.165, 1.54) is 6.92 Å². The van der Waals surface area contributed by atoms with Crippen molar-refractivity contribution in [3.8, 4) is 0 Å². The summed E-state index contributed by atoms with van der Waals surface area (Å²) in [4.78, 5) is 28.7. The third kappa shape index (κ3) is 2.98. The molecule has 0 spiro atoms. The van der Waals surface area contributed by atoms with Gasteiger partial charge in [-0.2, -0.15) is 0 Å². The first-order valence-corrected chi connectivity index (χ1v) is 6.13. The van der Waals surface area contributed by atoms with E-state index in [2.05, 4.69) is 10.3 Å². The van der Waals surface area contributed by atoms with E-state index in [0.29, 0.717) is 23.9 Å². The maximum atomic E-state index is 12.1. The Labute approximate surface area is 110 Å². The van der Waals surface area contributed by atoms with E-state index >= 15 is 0 Å². The number of hydrogen-bond donors (Lipinski definition) is 1. The first-order valence-electron chi connectivity index (χ1n) is 5.75. The fourth-order valence-corrected chi connectivity index (χ4v) is 2.20. The number of likely N-dealkylation sites (tertiary alicyclic amines) is 1. The first kappa shape index (κ1) is 12.8. The number of halogens is 1. The molecule has 96 valence electrons. The molecule has 1 N–H and O–H groups in total. The number of carbonyl (C=O) groups is 2. The van der Waals surface area contributed by atoms with Crippen LogP contribution in [0.1, 0.15) is 23.8 Å². The maximum absolute atomic E-state index is 12.1. The molecule has 18 heavy (non-hydrogen) atoms. The number of carbonyl (C=O) groups excluding carboxylic acids is 2. The predicted octanol–water partition coefficient (Wildman–Crippen LogP) is 1.09. The quantitative estimate of drug-likeness (QED) is 0.816. The Bertz CT molecular complexity index is 478. The molecule has 1 aromatic heterocycles. The molecule has 1 aromatic rings. The zero-order valence-corrected chi connectivity index (χ0v) is 10.8. The lowest BCUT2D eigenvalue weighted by atomic mass is 10.2. The molecule has 5 nitrogen and oxygen atoms in total. The van der Waals surface area contributed by atoms with Gasteiger partial charge in [-0.25, -0.2) is 4.98 Å². The van der Waals surface area contributed by atoms with Crippen molar-refractivity contribution in [1.29, 1.82) is 0 Å². The third-order valence-electron chi connectivity index (χ3n) is 2.82. The molecule has 1 fully saturated rings. The summed E-state index contributed by atoms with van der Waals surface area (Å²) in [7, 11) is 0. The summed E-state index contributed by atoms with van der Waals surface area (Å²) in [6.45, 7) is 2.62. The minimum Gasteiger partial charge on any atom is -0.352 e. The fraction of sp³-hybridized carbons (Fsp3) is 0.417. The molecule has 0 aromatic carbocycles. The minimum atomic E-state index is -0.148. The van der Waals surface area contributed by atoms with Crippen molar-refractivity contribution in [2.45, 2.75) is 19.4 Å². The standard InChI is InChI=1S/C12H14ClN3O2/c1-8(17)14-9-5-6-16(7-9)12(18)10-3-2-4-11(13)15-10/h2-4,9H,5-7H2,1H3,(H,14,17). The molecular weight excluding hydrogens is 254 g/mol. The van der Waals surface area contributed by atoms with Crippen molar-refractivity contribution in [2.24, 2.45) is 0 Å². The maximum Gasteiger partial charge on any atom is 0.272 e. The van der Waals surface area contributed by atoms with Crippen molar-refractivity contribution < 1.29 is 9.59 Å². The number of pyridine rings is 1. The smallest absolute Gasteiger partial charge is 0.272 e. The average Bonchev–Trinajstić information content (AvgIpc) is 2.75. The molecule has 2 amide bonds. The van der Waals surface area contributed by atoms with E-state index in [4.69, 9.17) is 11.6 Å². The van der Waals surface area contributed by atoms with Crippen molar-refractivity contribution in [3.05, 3.63) is 29.0 Å². The third-order valence-corrected chi connectivity index (χ3v) is 3.03. The van der Waals surface area contributed by atoms with E-state index in [1.807, 2.05) is 0 Å². The van der Waals surface area contributed by atoms with Crippen molar-refractivity contribution in [2.75, 3.05) is 13.1 Å². The molecule has 0 radical (unpaired) electrons. The number of amides is 2. The second kappa shape index (κ2) is 5.35. The van der Waals surface area contributed by atoms with Crippen LogP contribution in [0.3, 0.4) is 0 Å². The molecule has 0 aliphatic carbocycles. The Morgan fingerprint density at radius 3 is 2.94 bits per heavy atom. The molecule has 1 unspecified atom stereocenters. The van der Waals surface area contributed by atoms with Gasteiger partial charge in [-0.3, -0.25) is 9.59 Å². The number of hydrogen-bond acceptors (Lipinski definition) is 3. The van der Waals surface area contributed by atoms with Crippen LogP contribution in [0.5, 0.6) is 0 Å². The average molecular weight is 268 g/mol. The fourth-order valence-electron chi connectivity index (χ4n) is 2.04. The summed E-state index contributed by atoms with van der Waals surface area (Å²) in [5.41, 5.74) is 0.339. The summed E-state index contributed by atoms with van der Waals surface area (Å²) in [5.74, 6) is -0.222. The Morgan fingerprint density at radius 1 is 1.50 bits per heavy atom. The lowest BCUT2D eigenvalue weighted by molar-refractivity contribution is -0.119. The van der Waals surface area contributed by atoms with Crippen LogP contribution >= 0.6 is 11.6 Å². The lowest BCUT2D eigenvalue weighted by Gasteiger charge is -2.16. The van der Waals surface area contributed by atoms with Crippen molar-refractivity contribution >= 4 is 23.4 Å². The molecule has 1 saturated heterocycles. The first-order chi connectivity index (χ1) is 8.56. The highest BCUT2D eigenvalue weighted by atomic mass is 35.5. The van der Waals surface area contributed by atoms with Crippen LogP contribution in [0.2, 0.25) is 5.15 Å². The SMILES string of the molecule is CC(=O)NC1CCN(C(=O)c2cccc(Cl)n2)C1. The molecule has 0 saturated carbocycles. The lowest BCUT2D eigenvalue weighted by Crippen LogP contribution is -2.37. The van der Waals surface area contributed by atoms with Gasteiger partial charge in [-0.05, 0) is 18.6 Å². The summed E-state index contributed by atoms with van der Waals surface area (Å²) < 4.78 is 0. The van der Waals surface area contributed by atoms with E-state index in [9.17, 15) is 9.59 Å². The van der Waals surface area contributed by atoms with Crippen LogP contribution in [0.4, 0.5) is 0 Å². The van der Waals surface area contributed by atoms with Crippen LogP contribution < -0.4 is 5.32 Å². The van der Waals surface area contributed by atoms with Gasteiger partial charge >= 0.3 is 0 Å². The van der Waals surface area contributed by atoms with E-state index in [0.717, 1.165) is 6.42 Å². The summed E-state index contributed by atoms with van der Waals surface area (Å²) in [6, 6.07) is 5.00. The highest BCUT2D eigenvalue weighted by Gasteiger charge is 2.27. The molecule has 2 heterocycles. The van der Waals surface area contributed by atoms with Gasteiger partial charge < -0.3 is 10.2 Å². The Hall–Kier alpha value is -1.62. The normalized spacial score (nSPS) is 18.8. The van der Waals surface area contributed by atoms with E-state index < -0.39 is 0 Å². The van der Waals surface area contributed by atoms with Gasteiger partial charge in [0.2, 0.25) is 5.91 Å². The zero-order valence-electron chi connectivity index (χ0n) is 10.0. The molecule has 6 heteroatoms. The topological polar surface area (TPSA) is 62.3 Å². The molecular formula is C12H14ClN3O2. The van der Waals surface area contributed by atoms with Gasteiger partial charge in [-0.1, -0.05) is 17.7 Å². The van der Waals surface area contributed by atoms with Crippen LogP contribution in [0.15, 0.2) is 18.2 Å². The Morgan fingerprint density at radius 2 is 2.28 bits per heavy atom. The van der Waals surface area contributed by atoms with Crippen LogP contribution in [0, 0.1) is 0 Å². The van der Waals surface area contributed by atoms with Gasteiger partial charge in [0.15, 0.2) is 0 Å². The Kier molecular flexibility index (Phi) is 3.81. The second-order valence-electron chi connectivity index (χ2n) is 4.28. The van der Waals surface area contributed by atoms with Gasteiger partial charge in [0.25, 0.3) is 5.91 Å². The summed E-state index contributed by atoms with van der Waals surface area (Å²) >= 11 is 5.75. The van der Waals surface area contributed by atoms with Crippen molar-refractivity contribution in [1.82, 2.24) is 15.2 Å². The molecule has 2 rings (SSSR count). The molecule has 1 atom stereocenters. The van der Waals surface area contributed by atoms with Gasteiger partial charge in [-0.15, -0.1) is 0 Å². The summed E-state index contributed by atoms with van der Waals surface area (Å²) in [6.07, 6.45) is 0.770.